The van der Waals surface area contributed by atoms with Crippen molar-refractivity contribution in [1.29, 1.82) is 0 Å². The fourth-order valence-electron chi connectivity index (χ4n) is 2.78. The molecule has 0 aliphatic carbocycles. The zero-order valence-electron chi connectivity index (χ0n) is 15.4. The standard InChI is InChI=1S/C19H21ClN2O3S3/c1-2-10-22-17-8-7-15(12-18(17)27-19(22)23)28(24,25)21-9-11-26-13-14-5-3-4-6-16(14)20/h3-8,12,21H,2,9-11,13H2,1H3. The van der Waals surface area contributed by atoms with E-state index in [0.717, 1.165) is 39.6 Å². The van der Waals surface area contributed by atoms with Crippen molar-refractivity contribution in [2.45, 2.75) is 30.5 Å². The monoisotopic (exact) mass is 456 g/mol. The Morgan fingerprint density at radius 3 is 2.75 bits per heavy atom. The van der Waals surface area contributed by atoms with Crippen LogP contribution < -0.4 is 9.60 Å². The molecule has 1 heterocycles. The molecule has 0 aliphatic rings. The van der Waals surface area contributed by atoms with Crippen molar-refractivity contribution in [3.05, 3.63) is 62.7 Å². The molecule has 0 spiro atoms. The number of benzene rings is 2. The van der Waals surface area contributed by atoms with Gasteiger partial charge >= 0.3 is 4.87 Å². The molecule has 2 aromatic carbocycles. The number of halogens is 1. The van der Waals surface area contributed by atoms with Gasteiger partial charge in [-0.1, -0.05) is 48.1 Å². The zero-order chi connectivity index (χ0) is 20.1. The maximum atomic E-state index is 12.6. The molecule has 0 fully saturated rings. The first-order chi connectivity index (χ1) is 13.4. The van der Waals surface area contributed by atoms with Gasteiger partial charge in [0.1, 0.15) is 0 Å². The molecule has 0 bridgehead atoms. The second-order valence-electron chi connectivity index (χ2n) is 6.19. The van der Waals surface area contributed by atoms with E-state index in [4.69, 9.17) is 11.6 Å². The van der Waals surface area contributed by atoms with Gasteiger partial charge in [-0.05, 0) is 36.2 Å². The van der Waals surface area contributed by atoms with E-state index in [9.17, 15) is 13.2 Å². The lowest BCUT2D eigenvalue weighted by atomic mass is 10.2. The largest absolute Gasteiger partial charge is 0.308 e. The van der Waals surface area contributed by atoms with Gasteiger partial charge < -0.3 is 0 Å². The lowest BCUT2D eigenvalue weighted by Crippen LogP contribution is -2.26. The van der Waals surface area contributed by atoms with E-state index < -0.39 is 10.0 Å². The molecule has 3 rings (SSSR count). The first-order valence-corrected chi connectivity index (χ1v) is 12.7. The van der Waals surface area contributed by atoms with Crippen LogP contribution in [0.3, 0.4) is 0 Å². The van der Waals surface area contributed by atoms with Gasteiger partial charge in [-0.25, -0.2) is 13.1 Å². The normalized spacial score (nSPS) is 11.9. The van der Waals surface area contributed by atoms with E-state index >= 15 is 0 Å². The predicted octanol–water partition coefficient (Wildman–Crippen LogP) is 4.34. The molecule has 0 atom stereocenters. The van der Waals surface area contributed by atoms with Gasteiger partial charge in [0.05, 0.1) is 15.1 Å². The van der Waals surface area contributed by atoms with Crippen LogP contribution in [-0.4, -0.2) is 25.3 Å². The number of hydrogen-bond donors (Lipinski definition) is 1. The Bertz CT molecular complexity index is 1120. The maximum absolute atomic E-state index is 12.6. The zero-order valence-corrected chi connectivity index (χ0v) is 18.6. The number of aromatic nitrogens is 1. The van der Waals surface area contributed by atoms with Crippen LogP contribution in [0.5, 0.6) is 0 Å². The molecule has 3 aromatic rings. The lowest BCUT2D eigenvalue weighted by molar-refractivity contribution is 0.584. The minimum absolute atomic E-state index is 0.0599. The summed E-state index contributed by atoms with van der Waals surface area (Å²) >= 11 is 8.82. The third-order valence-corrected chi connectivity index (χ3v) is 7.93. The quantitative estimate of drug-likeness (QED) is 0.486. The Morgan fingerprint density at radius 1 is 1.21 bits per heavy atom. The first-order valence-electron chi connectivity index (χ1n) is 8.86. The highest BCUT2D eigenvalue weighted by atomic mass is 35.5. The number of thiazole rings is 1. The minimum Gasteiger partial charge on any atom is -0.299 e. The summed E-state index contributed by atoms with van der Waals surface area (Å²) in [6, 6.07) is 12.5. The molecule has 28 heavy (non-hydrogen) atoms. The van der Waals surface area contributed by atoms with E-state index in [1.807, 2.05) is 31.2 Å². The Hall–Kier alpha value is -1.32. The summed E-state index contributed by atoms with van der Waals surface area (Å²) in [5, 5.41) is 0.720. The van der Waals surface area contributed by atoms with E-state index in [1.165, 1.54) is 0 Å². The van der Waals surface area contributed by atoms with Crippen molar-refractivity contribution in [3.63, 3.8) is 0 Å². The highest BCUT2D eigenvalue weighted by Gasteiger charge is 2.16. The Labute approximate surface area is 177 Å². The first kappa shape index (κ1) is 21.4. The maximum Gasteiger partial charge on any atom is 0.308 e. The summed E-state index contributed by atoms with van der Waals surface area (Å²) in [4.78, 5) is 12.2. The van der Waals surface area contributed by atoms with Crippen molar-refractivity contribution in [3.8, 4) is 0 Å². The van der Waals surface area contributed by atoms with Crippen LogP contribution in [0, 0.1) is 0 Å². The van der Waals surface area contributed by atoms with Gasteiger partial charge in [0, 0.05) is 29.6 Å². The SMILES string of the molecule is CCCn1c(=O)sc2cc(S(=O)(=O)NCCSCc3ccccc3Cl)ccc21. The smallest absolute Gasteiger partial charge is 0.299 e. The van der Waals surface area contributed by atoms with Crippen LogP contribution in [0.25, 0.3) is 10.2 Å². The fourth-order valence-corrected chi connectivity index (χ4v) is 6.14. The Morgan fingerprint density at radius 2 is 2.00 bits per heavy atom. The second-order valence-corrected chi connectivity index (χ2v) is 10.5. The third kappa shape index (κ3) is 4.99. The van der Waals surface area contributed by atoms with Crippen LogP contribution in [-0.2, 0) is 22.3 Å². The number of fused-ring (bicyclic) bond motifs is 1. The van der Waals surface area contributed by atoms with Gasteiger partial charge in [0.15, 0.2) is 0 Å². The number of rotatable bonds is 9. The van der Waals surface area contributed by atoms with Gasteiger partial charge in [-0.2, -0.15) is 11.8 Å². The molecule has 5 nitrogen and oxygen atoms in total. The van der Waals surface area contributed by atoms with E-state index in [0.29, 0.717) is 23.5 Å². The third-order valence-electron chi connectivity index (χ3n) is 4.15. The van der Waals surface area contributed by atoms with Crippen molar-refractivity contribution < 1.29 is 8.42 Å². The Balaban J connectivity index is 1.61. The molecule has 1 N–H and O–H groups in total. The van der Waals surface area contributed by atoms with Crippen molar-refractivity contribution in [2.75, 3.05) is 12.3 Å². The fraction of sp³-hybridized carbons (Fsp3) is 0.316. The van der Waals surface area contributed by atoms with Crippen LogP contribution in [0.15, 0.2) is 52.2 Å². The van der Waals surface area contributed by atoms with Crippen LogP contribution in [0.2, 0.25) is 5.02 Å². The number of nitrogens with one attached hydrogen (secondary N) is 1. The number of aryl methyl sites for hydroxylation is 1. The molecule has 0 radical (unpaired) electrons. The molecule has 9 heteroatoms. The number of sulfonamides is 1. The van der Waals surface area contributed by atoms with E-state index in [-0.39, 0.29) is 9.77 Å². The summed E-state index contributed by atoms with van der Waals surface area (Å²) < 4.78 is 30.1. The summed E-state index contributed by atoms with van der Waals surface area (Å²) in [6.07, 6.45) is 0.846. The molecular weight excluding hydrogens is 436 g/mol. The number of thioether (sulfide) groups is 1. The van der Waals surface area contributed by atoms with Crippen molar-refractivity contribution >= 4 is 54.9 Å². The molecule has 0 amide bonds. The highest BCUT2D eigenvalue weighted by molar-refractivity contribution is 7.98. The van der Waals surface area contributed by atoms with Gasteiger partial charge in [-0.3, -0.25) is 9.36 Å². The molecular formula is C19H21ClN2O3S3. The molecule has 150 valence electrons. The predicted molar refractivity (Wildman–Crippen MR) is 119 cm³/mol. The highest BCUT2D eigenvalue weighted by Crippen LogP contribution is 2.23. The molecule has 0 saturated carbocycles. The van der Waals surface area contributed by atoms with Gasteiger partial charge in [0.2, 0.25) is 10.0 Å². The van der Waals surface area contributed by atoms with Crippen molar-refractivity contribution in [1.82, 2.24) is 9.29 Å². The van der Waals surface area contributed by atoms with Crippen LogP contribution in [0.1, 0.15) is 18.9 Å². The number of nitrogens with zero attached hydrogens (tertiary/aromatic N) is 1. The van der Waals surface area contributed by atoms with Crippen LogP contribution in [0.4, 0.5) is 0 Å². The summed E-state index contributed by atoms with van der Waals surface area (Å²) in [5.41, 5.74) is 1.82. The summed E-state index contributed by atoms with van der Waals surface area (Å²) in [6.45, 7) is 2.96. The summed E-state index contributed by atoms with van der Waals surface area (Å²) in [5.74, 6) is 1.36. The molecule has 1 aromatic heterocycles. The molecule has 0 saturated heterocycles. The number of hydrogen-bond acceptors (Lipinski definition) is 5. The van der Waals surface area contributed by atoms with E-state index in [1.54, 1.807) is 34.5 Å². The second kappa shape index (κ2) is 9.45. The lowest BCUT2D eigenvalue weighted by Gasteiger charge is -2.08. The topological polar surface area (TPSA) is 68.2 Å². The van der Waals surface area contributed by atoms with Gasteiger partial charge in [-0.15, -0.1) is 0 Å². The molecule has 0 aliphatic heterocycles. The average Bonchev–Trinajstić information content (AvgIpc) is 2.98. The van der Waals surface area contributed by atoms with Gasteiger partial charge in [0.25, 0.3) is 0 Å². The van der Waals surface area contributed by atoms with E-state index in [2.05, 4.69) is 4.72 Å². The Kier molecular flexibility index (Phi) is 7.22. The average molecular weight is 457 g/mol. The van der Waals surface area contributed by atoms with Crippen LogP contribution >= 0.6 is 34.7 Å². The molecule has 0 unspecified atom stereocenters. The summed E-state index contributed by atoms with van der Waals surface area (Å²) in [7, 11) is -3.61. The van der Waals surface area contributed by atoms with Crippen molar-refractivity contribution in [2.24, 2.45) is 0 Å². The minimum atomic E-state index is -3.61.